The van der Waals surface area contributed by atoms with Gasteiger partial charge >= 0.3 is 11.9 Å². The molecule has 0 aromatic carbocycles. The zero-order valence-electron chi connectivity index (χ0n) is 54.5. The van der Waals surface area contributed by atoms with E-state index < -0.39 is 5.92 Å². The molecule has 6 saturated carbocycles. The van der Waals surface area contributed by atoms with Gasteiger partial charge in [0.15, 0.2) is 0 Å². The van der Waals surface area contributed by atoms with Gasteiger partial charge in [-0.1, -0.05) is 234 Å². The van der Waals surface area contributed by atoms with Gasteiger partial charge in [0.2, 0.25) is 0 Å². The molecule has 6 fully saturated rings. The molecule has 0 aliphatic heterocycles. The molecule has 0 aromatic heterocycles. The Labute approximate surface area is 495 Å². The van der Waals surface area contributed by atoms with Crippen LogP contribution in [-0.4, -0.2) is 24.1 Å². The van der Waals surface area contributed by atoms with Gasteiger partial charge in [-0.05, 0) is 195 Å². The Balaban J connectivity index is 0.848. The molecule has 4 heteroatoms. The minimum Gasteiger partial charge on any atom is -0.462 e. The molecule has 0 radical (unpaired) electrons. The number of allylic oxidation sites excluding steroid dienone is 3. The number of hydrogen-bond donors (Lipinski definition) is 0. The van der Waals surface area contributed by atoms with Crippen LogP contribution in [0.2, 0.25) is 0 Å². The Morgan fingerprint density at radius 3 is 1.40 bits per heavy atom. The Kier molecular flexibility index (Phi) is 23.7. The van der Waals surface area contributed by atoms with Crippen LogP contribution in [0.1, 0.15) is 320 Å². The third-order valence-corrected chi connectivity index (χ3v) is 25.9. The first-order chi connectivity index (χ1) is 38.4. The van der Waals surface area contributed by atoms with Crippen molar-refractivity contribution in [1.82, 2.24) is 0 Å². The van der Waals surface area contributed by atoms with Gasteiger partial charge in [0.1, 0.15) is 12.2 Å². The number of rotatable bonds is 31. The number of fused-ring (bicyclic) bond motifs is 10. The van der Waals surface area contributed by atoms with Crippen molar-refractivity contribution >= 4 is 11.9 Å². The van der Waals surface area contributed by atoms with Crippen molar-refractivity contribution in [2.24, 2.45) is 98.6 Å². The third kappa shape index (κ3) is 15.2. The molecule has 0 bridgehead atoms. The second kappa shape index (κ2) is 29.5. The molecule has 0 aromatic rings. The molecule has 0 heterocycles. The van der Waals surface area contributed by atoms with Crippen molar-refractivity contribution in [3.8, 4) is 0 Å². The monoisotopic (exact) mass is 1100 g/mol. The van der Waals surface area contributed by atoms with Crippen molar-refractivity contribution in [3.05, 3.63) is 35.5 Å². The largest absolute Gasteiger partial charge is 0.462 e. The minimum atomic E-state index is -0.598. The molecule has 0 saturated heterocycles. The number of carbonyl (C=O) groups excluding carboxylic acids is 2. The molecule has 8 rings (SSSR count). The summed E-state index contributed by atoms with van der Waals surface area (Å²) in [7, 11) is 0. The smallest absolute Gasteiger partial charge is 0.313 e. The maximum Gasteiger partial charge on any atom is 0.313 e. The van der Waals surface area contributed by atoms with Crippen molar-refractivity contribution < 1.29 is 19.1 Å². The molecule has 0 spiro atoms. The van der Waals surface area contributed by atoms with Gasteiger partial charge in [-0.25, -0.2) is 0 Å². The van der Waals surface area contributed by atoms with Crippen molar-refractivity contribution in [2.75, 3.05) is 0 Å². The molecule has 0 N–H and O–H groups in total. The normalized spacial score (nSPS) is 36.7. The van der Waals surface area contributed by atoms with Gasteiger partial charge in [0.05, 0.1) is 12.3 Å². The van der Waals surface area contributed by atoms with E-state index in [1.54, 1.807) is 11.1 Å². The number of hydrogen-bond acceptors (Lipinski definition) is 4. The number of esters is 2. The lowest BCUT2D eigenvalue weighted by molar-refractivity contribution is -0.161. The maximum absolute atomic E-state index is 14.5. The van der Waals surface area contributed by atoms with Gasteiger partial charge < -0.3 is 9.47 Å². The zero-order valence-corrected chi connectivity index (χ0v) is 54.5. The van der Waals surface area contributed by atoms with Crippen LogP contribution in [0.5, 0.6) is 0 Å². The Morgan fingerprint density at radius 2 is 0.950 bits per heavy atom. The van der Waals surface area contributed by atoms with Crippen LogP contribution in [0.4, 0.5) is 0 Å². The minimum absolute atomic E-state index is 0.0806. The molecule has 4 nitrogen and oxygen atoms in total. The summed E-state index contributed by atoms with van der Waals surface area (Å²) in [6, 6.07) is 0. The predicted molar refractivity (Wildman–Crippen MR) is 338 cm³/mol. The summed E-state index contributed by atoms with van der Waals surface area (Å²) in [6.45, 7) is 27.6. The fourth-order valence-electron chi connectivity index (χ4n) is 21.1. The highest BCUT2D eigenvalue weighted by molar-refractivity contribution is 5.81. The summed E-state index contributed by atoms with van der Waals surface area (Å²) in [5.74, 6) is 8.77. The topological polar surface area (TPSA) is 52.6 Å². The summed E-state index contributed by atoms with van der Waals surface area (Å²) >= 11 is 0. The second-order valence-electron chi connectivity index (χ2n) is 31.9. The second-order valence-corrected chi connectivity index (χ2v) is 31.9. The van der Waals surface area contributed by atoms with E-state index in [1.165, 1.54) is 186 Å². The fourth-order valence-corrected chi connectivity index (χ4v) is 21.1. The highest BCUT2D eigenvalue weighted by Gasteiger charge is 2.61. The van der Waals surface area contributed by atoms with Crippen LogP contribution < -0.4 is 0 Å². The number of ether oxygens (including phenoxy) is 2. The zero-order chi connectivity index (χ0) is 57.1. The summed E-state index contributed by atoms with van der Waals surface area (Å²) in [4.78, 5) is 28.7. The molecule has 456 valence electrons. The summed E-state index contributed by atoms with van der Waals surface area (Å²) in [5.41, 5.74) is 4.53. The summed E-state index contributed by atoms with van der Waals surface area (Å²) < 4.78 is 13.1. The number of unbranched alkanes of at least 4 members (excludes halogenated alkanes) is 14. The van der Waals surface area contributed by atoms with E-state index in [1.807, 2.05) is 6.08 Å². The Bertz CT molecular complexity index is 2030. The Hall–Kier alpha value is -1.84. The molecule has 80 heavy (non-hydrogen) atoms. The van der Waals surface area contributed by atoms with E-state index in [-0.39, 0.29) is 41.4 Å². The average molecular weight is 1110 g/mol. The lowest BCUT2D eigenvalue weighted by Crippen LogP contribution is -2.51. The summed E-state index contributed by atoms with van der Waals surface area (Å²) in [6.07, 6.45) is 57.0. The van der Waals surface area contributed by atoms with Gasteiger partial charge in [0, 0.05) is 12.8 Å². The highest BCUT2D eigenvalue weighted by Crippen LogP contribution is 2.69. The van der Waals surface area contributed by atoms with E-state index in [2.05, 4.69) is 94.4 Å². The van der Waals surface area contributed by atoms with E-state index in [9.17, 15) is 9.59 Å². The van der Waals surface area contributed by atoms with Crippen molar-refractivity contribution in [2.45, 2.75) is 332 Å². The van der Waals surface area contributed by atoms with Crippen LogP contribution in [0.15, 0.2) is 35.5 Å². The lowest BCUT2D eigenvalue weighted by atomic mass is 9.47. The predicted octanol–water partition coefficient (Wildman–Crippen LogP) is 22.3. The Morgan fingerprint density at radius 1 is 0.512 bits per heavy atom. The quantitative estimate of drug-likeness (QED) is 0.0394. The van der Waals surface area contributed by atoms with E-state index in [0.717, 1.165) is 122 Å². The third-order valence-electron chi connectivity index (χ3n) is 25.9. The van der Waals surface area contributed by atoms with Crippen LogP contribution >= 0.6 is 0 Å². The van der Waals surface area contributed by atoms with Crippen LogP contribution in [0.25, 0.3) is 0 Å². The molecule has 1 unspecified atom stereocenters. The fraction of sp³-hybridized carbons (Fsp3) is 0.895. The van der Waals surface area contributed by atoms with Gasteiger partial charge in [-0.2, -0.15) is 0 Å². The SMILES string of the molecule is CCCCCCCCCCCCCCCC/C=C/C(CC(=O)O[C@H]1CC[C@@]2(C)C(=CC[C@H]3[C@@H]4CC[C@H]([C@H](C)CCCC(C)C)[C@@]4(C)CC[C@@H]32)C1)C(=O)O[C@H]1CC[C@@]2(C)C(=CC[C@H]3[C@@H]4CC[C@H]([C@H](C)CCCC(C)C)[C@@]4(C)CC[C@@H]32)C1. The first-order valence-electron chi connectivity index (χ1n) is 35.9. The van der Waals surface area contributed by atoms with E-state index in [0.29, 0.717) is 10.8 Å². The highest BCUT2D eigenvalue weighted by atomic mass is 16.6. The van der Waals surface area contributed by atoms with Gasteiger partial charge in [-0.15, -0.1) is 0 Å². The maximum atomic E-state index is 14.5. The molecular weight excluding hydrogens is 977 g/mol. The first-order valence-corrected chi connectivity index (χ1v) is 35.9. The molecule has 8 aliphatic carbocycles. The van der Waals surface area contributed by atoms with E-state index in [4.69, 9.17) is 9.47 Å². The summed E-state index contributed by atoms with van der Waals surface area (Å²) in [5, 5.41) is 0. The van der Waals surface area contributed by atoms with Crippen LogP contribution in [-0.2, 0) is 19.1 Å². The van der Waals surface area contributed by atoms with Crippen molar-refractivity contribution in [3.63, 3.8) is 0 Å². The standard InChI is InChI=1S/C76H128O4/c1-12-13-14-15-16-17-18-19-20-21-22-23-24-25-26-27-34-58(72(78)80-62-44-48-74(9)60(53-62)36-38-64-68-42-40-66(57(7)33-29-31-55(4)5)76(68,11)50-46-70(64)74)51-71(77)79-61-43-47-73(8)59(52-61)35-37-63-67-41-39-65(56(6)32-28-30-54(2)3)75(67,10)49-45-69(63)73/h27,34-36,54-58,61-70H,12-26,28-33,37-53H2,1-11H3/b34-27+/t56-,57-,58?,61+,62+,63+,64+,65-,66-,67+,68+,69+,70+,73+,74+,75-,76-/m1/s1. The van der Waals surface area contributed by atoms with Crippen molar-refractivity contribution in [1.29, 1.82) is 0 Å². The van der Waals surface area contributed by atoms with Crippen LogP contribution in [0, 0.1) is 98.6 Å². The lowest BCUT2D eigenvalue weighted by Gasteiger charge is -2.58. The van der Waals surface area contributed by atoms with E-state index >= 15 is 0 Å². The number of carbonyl (C=O) groups is 2. The van der Waals surface area contributed by atoms with Gasteiger partial charge in [0.25, 0.3) is 0 Å². The molecule has 17 atom stereocenters. The van der Waals surface area contributed by atoms with Crippen LogP contribution in [0.3, 0.4) is 0 Å². The average Bonchev–Trinajstić information content (AvgIpc) is 4.13. The molecular formula is C76H128O4. The molecule has 8 aliphatic rings. The van der Waals surface area contributed by atoms with Gasteiger partial charge in [-0.3, -0.25) is 9.59 Å². The first kappa shape index (κ1) is 64.2. The molecule has 0 amide bonds.